The zero-order chi connectivity index (χ0) is 22.9. The van der Waals surface area contributed by atoms with Crippen LogP contribution in [0.1, 0.15) is 19.3 Å². The van der Waals surface area contributed by atoms with Crippen molar-refractivity contribution in [2.75, 3.05) is 25.1 Å². The first-order valence-corrected chi connectivity index (χ1v) is 11.5. The van der Waals surface area contributed by atoms with Gasteiger partial charge in [-0.3, -0.25) is 4.79 Å². The van der Waals surface area contributed by atoms with Crippen LogP contribution in [0.15, 0.2) is 65.5 Å². The molecule has 0 atom stereocenters. The predicted molar refractivity (Wildman–Crippen MR) is 135 cm³/mol. The Morgan fingerprint density at radius 1 is 0.970 bits per heavy atom. The number of benzene rings is 3. The maximum Gasteiger partial charge on any atom is 0.260 e. The van der Waals surface area contributed by atoms with Crippen molar-refractivity contribution < 1.29 is 9.84 Å². The lowest BCUT2D eigenvalue weighted by Crippen LogP contribution is -2.29. The number of aromatic amines is 1. The number of hydrogen-bond acceptors (Lipinski definition) is 4. The number of aromatic nitrogens is 1. The second-order valence-corrected chi connectivity index (χ2v) is 8.79. The smallest absolute Gasteiger partial charge is 0.260 e. The summed E-state index contributed by atoms with van der Waals surface area (Å²) in [5.74, 6) is 0.529. The second kappa shape index (κ2) is 8.83. The number of H-pyrrole nitrogens is 1. The van der Waals surface area contributed by atoms with E-state index in [9.17, 15) is 9.90 Å². The molecule has 1 fully saturated rings. The Morgan fingerprint density at radius 2 is 1.73 bits per heavy atom. The van der Waals surface area contributed by atoms with Crippen LogP contribution >= 0.6 is 11.6 Å². The number of rotatable bonds is 4. The van der Waals surface area contributed by atoms with E-state index >= 15 is 0 Å². The Balaban J connectivity index is 1.59. The molecule has 0 unspecified atom stereocenters. The van der Waals surface area contributed by atoms with Gasteiger partial charge in [-0.25, -0.2) is 0 Å². The molecule has 1 saturated heterocycles. The quantitative estimate of drug-likeness (QED) is 0.379. The van der Waals surface area contributed by atoms with E-state index in [1.54, 1.807) is 37.4 Å². The summed E-state index contributed by atoms with van der Waals surface area (Å²) >= 11 is 6.60. The van der Waals surface area contributed by atoms with Crippen LogP contribution in [0.3, 0.4) is 0 Å². The van der Waals surface area contributed by atoms with E-state index in [4.69, 9.17) is 16.3 Å². The summed E-state index contributed by atoms with van der Waals surface area (Å²) < 4.78 is 5.27. The van der Waals surface area contributed by atoms with E-state index in [-0.39, 0.29) is 16.9 Å². The molecule has 1 aromatic heterocycles. The number of methoxy groups -OCH3 is 1. The number of nitrogens with zero attached hydrogens (tertiary/aromatic N) is 1. The molecule has 1 aliphatic rings. The van der Waals surface area contributed by atoms with E-state index in [0.717, 1.165) is 24.2 Å². The van der Waals surface area contributed by atoms with E-state index in [1.807, 2.05) is 6.07 Å². The molecule has 0 bridgehead atoms. The normalized spacial score (nSPS) is 13.9. The SMILES string of the molecule is COc1cccc(-c2c(O)c3cc(-c4ccc(N5CCCCC5)cc4)c(Cl)cc3[nH]c2=O)c1. The van der Waals surface area contributed by atoms with Gasteiger partial charge in [0.2, 0.25) is 0 Å². The van der Waals surface area contributed by atoms with Crippen molar-refractivity contribution >= 4 is 28.2 Å². The Labute approximate surface area is 197 Å². The van der Waals surface area contributed by atoms with Crippen LogP contribution in [0, 0.1) is 0 Å². The van der Waals surface area contributed by atoms with Gasteiger partial charge in [-0.1, -0.05) is 35.9 Å². The van der Waals surface area contributed by atoms with Crippen LogP contribution < -0.4 is 15.2 Å². The van der Waals surface area contributed by atoms with Crippen molar-refractivity contribution in [1.29, 1.82) is 0 Å². The van der Waals surface area contributed by atoms with E-state index in [0.29, 0.717) is 27.2 Å². The highest BCUT2D eigenvalue weighted by atomic mass is 35.5. The van der Waals surface area contributed by atoms with Crippen molar-refractivity contribution in [3.8, 4) is 33.8 Å². The van der Waals surface area contributed by atoms with Gasteiger partial charge in [0.05, 0.1) is 23.2 Å². The number of nitrogens with one attached hydrogen (secondary N) is 1. The van der Waals surface area contributed by atoms with Crippen molar-refractivity contribution in [3.63, 3.8) is 0 Å². The molecule has 0 radical (unpaired) electrons. The van der Waals surface area contributed by atoms with Gasteiger partial charge in [0.1, 0.15) is 11.5 Å². The topological polar surface area (TPSA) is 65.6 Å². The van der Waals surface area contributed by atoms with Gasteiger partial charge in [-0.05, 0) is 66.8 Å². The molecule has 33 heavy (non-hydrogen) atoms. The standard InChI is InChI=1S/C27H25ClN2O3/c1-33-20-7-5-6-18(14-20)25-26(31)22-15-21(23(28)16-24(22)29-27(25)32)17-8-10-19(11-9-17)30-12-3-2-4-13-30/h5-11,14-16H,2-4,12-13H2,1H3,(H2,29,31,32). The Hall–Kier alpha value is -3.44. The molecule has 6 heteroatoms. The van der Waals surface area contributed by atoms with Gasteiger partial charge in [0.15, 0.2) is 0 Å². The number of pyridine rings is 1. The summed E-state index contributed by atoms with van der Waals surface area (Å²) in [5.41, 5.74) is 3.85. The fourth-order valence-electron chi connectivity index (χ4n) is 4.57. The summed E-state index contributed by atoms with van der Waals surface area (Å²) in [6, 6.07) is 19.0. The average molecular weight is 461 g/mol. The molecule has 3 aromatic carbocycles. The highest BCUT2D eigenvalue weighted by Crippen LogP contribution is 2.39. The Kier molecular flexibility index (Phi) is 5.73. The molecular formula is C27H25ClN2O3. The molecular weight excluding hydrogens is 436 g/mol. The molecule has 0 aliphatic carbocycles. The number of fused-ring (bicyclic) bond motifs is 1. The van der Waals surface area contributed by atoms with Gasteiger partial charge in [0.25, 0.3) is 5.56 Å². The monoisotopic (exact) mass is 460 g/mol. The summed E-state index contributed by atoms with van der Waals surface area (Å²) in [7, 11) is 1.56. The van der Waals surface area contributed by atoms with E-state index < -0.39 is 0 Å². The highest BCUT2D eigenvalue weighted by molar-refractivity contribution is 6.34. The second-order valence-electron chi connectivity index (χ2n) is 8.38. The molecule has 5 nitrogen and oxygen atoms in total. The summed E-state index contributed by atoms with van der Waals surface area (Å²) in [5, 5.41) is 12.2. The fourth-order valence-corrected chi connectivity index (χ4v) is 4.84. The maximum atomic E-state index is 12.8. The van der Waals surface area contributed by atoms with Crippen LogP contribution in [0.25, 0.3) is 33.2 Å². The minimum atomic E-state index is -0.386. The van der Waals surface area contributed by atoms with Gasteiger partial charge >= 0.3 is 0 Å². The van der Waals surface area contributed by atoms with Crippen LogP contribution in [-0.2, 0) is 0 Å². The lowest BCUT2D eigenvalue weighted by molar-refractivity contribution is 0.415. The summed E-state index contributed by atoms with van der Waals surface area (Å²) in [6.07, 6.45) is 3.75. The molecule has 0 saturated carbocycles. The van der Waals surface area contributed by atoms with Gasteiger partial charge in [-0.15, -0.1) is 0 Å². The number of piperidine rings is 1. The number of hydrogen-bond donors (Lipinski definition) is 2. The third kappa shape index (κ3) is 4.05. The van der Waals surface area contributed by atoms with Crippen LogP contribution in [0.4, 0.5) is 5.69 Å². The van der Waals surface area contributed by atoms with E-state index in [2.05, 4.69) is 34.1 Å². The van der Waals surface area contributed by atoms with Crippen molar-refractivity contribution in [2.45, 2.75) is 19.3 Å². The number of halogens is 1. The lowest BCUT2D eigenvalue weighted by atomic mass is 9.99. The molecule has 2 heterocycles. The van der Waals surface area contributed by atoms with Crippen LogP contribution in [0.5, 0.6) is 11.5 Å². The molecule has 0 amide bonds. The zero-order valence-corrected chi connectivity index (χ0v) is 19.2. The third-order valence-corrected chi connectivity index (χ3v) is 6.65. The highest BCUT2D eigenvalue weighted by Gasteiger charge is 2.17. The minimum Gasteiger partial charge on any atom is -0.506 e. The number of aromatic hydroxyl groups is 1. The first-order chi connectivity index (χ1) is 16.0. The molecule has 4 aromatic rings. The molecule has 0 spiro atoms. The van der Waals surface area contributed by atoms with Crippen LogP contribution in [-0.4, -0.2) is 30.3 Å². The van der Waals surface area contributed by atoms with Gasteiger partial charge < -0.3 is 19.7 Å². The minimum absolute atomic E-state index is 0.0788. The van der Waals surface area contributed by atoms with Crippen molar-refractivity contribution in [2.24, 2.45) is 0 Å². The lowest BCUT2D eigenvalue weighted by Gasteiger charge is -2.28. The van der Waals surface area contributed by atoms with Crippen LogP contribution in [0.2, 0.25) is 5.02 Å². The molecule has 5 rings (SSSR count). The number of ether oxygens (including phenoxy) is 1. The molecule has 1 aliphatic heterocycles. The number of anilines is 1. The van der Waals surface area contributed by atoms with Gasteiger partial charge in [0, 0.05) is 29.7 Å². The molecule has 2 N–H and O–H groups in total. The molecule has 168 valence electrons. The summed E-state index contributed by atoms with van der Waals surface area (Å²) in [4.78, 5) is 18.1. The third-order valence-electron chi connectivity index (χ3n) is 6.33. The average Bonchev–Trinajstić information content (AvgIpc) is 2.84. The van der Waals surface area contributed by atoms with Gasteiger partial charge in [-0.2, -0.15) is 0 Å². The van der Waals surface area contributed by atoms with Crippen molar-refractivity contribution in [3.05, 3.63) is 76.0 Å². The van der Waals surface area contributed by atoms with Crippen molar-refractivity contribution in [1.82, 2.24) is 4.98 Å². The van der Waals surface area contributed by atoms with E-state index in [1.165, 1.54) is 24.9 Å². The Bertz CT molecular complexity index is 1370. The summed E-state index contributed by atoms with van der Waals surface area (Å²) in [6.45, 7) is 2.18. The first-order valence-electron chi connectivity index (χ1n) is 11.1. The fraction of sp³-hybridized carbons (Fsp3) is 0.222. The predicted octanol–water partition coefficient (Wildman–Crippen LogP) is 6.22. The zero-order valence-electron chi connectivity index (χ0n) is 18.4. The first kappa shape index (κ1) is 21.4. The Morgan fingerprint density at radius 3 is 2.45 bits per heavy atom. The maximum absolute atomic E-state index is 12.8. The largest absolute Gasteiger partial charge is 0.506 e.